The van der Waals surface area contributed by atoms with Crippen LogP contribution >= 0.6 is 0 Å². The number of carbonyl (C=O) groups is 4. The van der Waals surface area contributed by atoms with E-state index in [4.69, 9.17) is 9.47 Å². The summed E-state index contributed by atoms with van der Waals surface area (Å²) in [6.45, 7) is 20.4. The molecule has 1 heterocycles. The summed E-state index contributed by atoms with van der Waals surface area (Å²) in [5, 5.41) is 7.74. The molecule has 0 aliphatic carbocycles. The lowest BCUT2D eigenvalue weighted by atomic mass is 9.94. The number of anilines is 1. The molecule has 294 valence electrons. The molecule has 3 aromatic rings. The van der Waals surface area contributed by atoms with Gasteiger partial charge in [-0.2, -0.15) is 0 Å². The summed E-state index contributed by atoms with van der Waals surface area (Å²) in [7, 11) is 1.52. The van der Waals surface area contributed by atoms with Gasteiger partial charge in [0.2, 0.25) is 12.3 Å². The second kappa shape index (κ2) is 23.9. The van der Waals surface area contributed by atoms with E-state index in [1.807, 2.05) is 30.3 Å². The summed E-state index contributed by atoms with van der Waals surface area (Å²) in [5.74, 6) is 0.372. The lowest BCUT2D eigenvalue weighted by Crippen LogP contribution is -2.57. The predicted octanol–water partition coefficient (Wildman–Crippen LogP) is 7.90. The standard InChI is InChI=1S/C28H33N5O6.C8H18.C6H14/c1-19(35)25(21-12-8-9-13-23(21)38-4)33-14-24(29-17-33)32-26(36)22(31-27(37)28(2,3)30-18-34)16-39-15-20-10-6-5-7-11-20;1-4-6-8(3)7-5-2;1-5-6(2,3)4/h5-14,17-18,22,25H,15-16H2,1-4H3,(H,30,34)(H,31,37)(H,32,36);8H,4-7H2,1-3H3;5H2,1-4H3. The molecule has 1 aromatic heterocycles. The molecule has 0 bridgehead atoms. The quantitative estimate of drug-likeness (QED) is 0.113. The molecule has 3 N–H and O–H groups in total. The summed E-state index contributed by atoms with van der Waals surface area (Å²) in [4.78, 5) is 53.8. The fraction of sp³-hybridized carbons (Fsp3) is 0.548. The maximum absolute atomic E-state index is 13.2. The van der Waals surface area contributed by atoms with Crippen LogP contribution in [0, 0.1) is 11.3 Å². The van der Waals surface area contributed by atoms with Crippen molar-refractivity contribution in [2.45, 2.75) is 126 Å². The largest absolute Gasteiger partial charge is 0.496 e. The van der Waals surface area contributed by atoms with Crippen molar-refractivity contribution in [2.75, 3.05) is 19.0 Å². The molecule has 3 rings (SSSR count). The number of carbonyl (C=O) groups excluding carboxylic acids is 4. The smallest absolute Gasteiger partial charge is 0.250 e. The first-order chi connectivity index (χ1) is 25.0. The number of hydrogen-bond acceptors (Lipinski definition) is 7. The Hall–Kier alpha value is -4.51. The van der Waals surface area contributed by atoms with E-state index in [-0.39, 0.29) is 24.8 Å². The number of rotatable bonds is 18. The van der Waals surface area contributed by atoms with Crippen molar-refractivity contribution >= 4 is 29.8 Å². The van der Waals surface area contributed by atoms with E-state index < -0.39 is 29.4 Å². The van der Waals surface area contributed by atoms with Gasteiger partial charge in [0.1, 0.15) is 23.4 Å². The Morgan fingerprint density at radius 2 is 1.51 bits per heavy atom. The molecule has 0 spiro atoms. The van der Waals surface area contributed by atoms with Crippen LogP contribution in [0.3, 0.4) is 0 Å². The van der Waals surface area contributed by atoms with Gasteiger partial charge in [0.05, 0.1) is 26.7 Å². The number of imidazole rings is 1. The summed E-state index contributed by atoms with van der Waals surface area (Å²) in [6.07, 6.45) is 10.2. The van der Waals surface area contributed by atoms with Crippen molar-refractivity contribution in [1.82, 2.24) is 20.2 Å². The number of nitrogens with one attached hydrogen (secondary N) is 3. The highest BCUT2D eigenvalue weighted by molar-refractivity contribution is 5.98. The number of aromatic nitrogens is 2. The fourth-order valence-corrected chi connectivity index (χ4v) is 4.97. The van der Waals surface area contributed by atoms with Crippen LogP contribution in [-0.2, 0) is 30.5 Å². The minimum atomic E-state index is -1.26. The number of Topliss-reactive ketones (excluding diaryl/α,β-unsaturated/α-hetero) is 1. The van der Waals surface area contributed by atoms with Crippen LogP contribution in [0.1, 0.15) is 119 Å². The van der Waals surface area contributed by atoms with Gasteiger partial charge in [-0.05, 0) is 43.7 Å². The lowest BCUT2D eigenvalue weighted by molar-refractivity contribution is -0.132. The first kappa shape index (κ1) is 46.5. The van der Waals surface area contributed by atoms with E-state index in [1.54, 1.807) is 28.8 Å². The second-order valence-electron chi connectivity index (χ2n) is 15.0. The van der Waals surface area contributed by atoms with E-state index in [1.165, 1.54) is 72.5 Å². The Bertz CT molecular complexity index is 1510. The third kappa shape index (κ3) is 17.7. The Morgan fingerprint density at radius 1 is 0.925 bits per heavy atom. The number of ether oxygens (including phenoxy) is 2. The maximum atomic E-state index is 13.2. The summed E-state index contributed by atoms with van der Waals surface area (Å²) in [6, 6.07) is 14.7. The highest BCUT2D eigenvalue weighted by Crippen LogP contribution is 2.29. The van der Waals surface area contributed by atoms with Gasteiger partial charge in [-0.3, -0.25) is 19.2 Å². The average molecular weight is 736 g/mol. The molecule has 2 atom stereocenters. The summed E-state index contributed by atoms with van der Waals surface area (Å²) in [5.41, 5.74) is 0.827. The number of para-hydroxylation sites is 1. The highest BCUT2D eigenvalue weighted by Gasteiger charge is 2.32. The van der Waals surface area contributed by atoms with E-state index in [0.717, 1.165) is 11.5 Å². The molecular weight excluding hydrogens is 670 g/mol. The van der Waals surface area contributed by atoms with Crippen LogP contribution in [0.2, 0.25) is 0 Å². The van der Waals surface area contributed by atoms with Gasteiger partial charge in [0, 0.05) is 11.8 Å². The van der Waals surface area contributed by atoms with Gasteiger partial charge in [-0.1, -0.05) is 129 Å². The van der Waals surface area contributed by atoms with Crippen LogP contribution in [0.4, 0.5) is 5.82 Å². The Kier molecular flexibility index (Phi) is 21.0. The second-order valence-corrected chi connectivity index (χ2v) is 15.0. The van der Waals surface area contributed by atoms with Gasteiger partial charge >= 0.3 is 0 Å². The minimum absolute atomic E-state index is 0.137. The summed E-state index contributed by atoms with van der Waals surface area (Å²) < 4.78 is 12.7. The summed E-state index contributed by atoms with van der Waals surface area (Å²) >= 11 is 0. The van der Waals surface area contributed by atoms with E-state index in [2.05, 4.69) is 69.4 Å². The molecule has 2 aromatic carbocycles. The number of ketones is 1. The van der Waals surface area contributed by atoms with Gasteiger partial charge in [0.15, 0.2) is 11.6 Å². The van der Waals surface area contributed by atoms with Crippen molar-refractivity contribution in [3.63, 3.8) is 0 Å². The average Bonchev–Trinajstić information content (AvgIpc) is 3.56. The Morgan fingerprint density at radius 3 is 2.04 bits per heavy atom. The van der Waals surface area contributed by atoms with Crippen molar-refractivity contribution < 1.29 is 28.7 Å². The molecule has 0 aliphatic rings. The van der Waals surface area contributed by atoms with Gasteiger partial charge in [-0.25, -0.2) is 4.98 Å². The minimum Gasteiger partial charge on any atom is -0.496 e. The van der Waals surface area contributed by atoms with E-state index in [0.29, 0.717) is 23.1 Å². The van der Waals surface area contributed by atoms with Crippen LogP contribution < -0.4 is 20.7 Å². The zero-order chi connectivity index (χ0) is 40.0. The Balaban J connectivity index is 0.000000845. The predicted molar refractivity (Wildman–Crippen MR) is 213 cm³/mol. The number of benzene rings is 2. The number of hydrogen-bond donors (Lipinski definition) is 3. The zero-order valence-corrected chi connectivity index (χ0v) is 34.0. The molecule has 0 aliphatic heterocycles. The van der Waals surface area contributed by atoms with Crippen molar-refractivity contribution in [3.8, 4) is 5.75 Å². The number of nitrogens with zero attached hydrogens (tertiary/aromatic N) is 2. The molecule has 11 heteroatoms. The Labute approximate surface area is 318 Å². The van der Waals surface area contributed by atoms with Crippen LogP contribution in [-0.4, -0.2) is 58.9 Å². The van der Waals surface area contributed by atoms with Crippen LogP contribution in [0.25, 0.3) is 0 Å². The molecule has 3 amide bonds. The molecule has 0 fully saturated rings. The molecular formula is C42H65N5O6. The third-order valence-corrected chi connectivity index (χ3v) is 8.60. The third-order valence-electron chi connectivity index (χ3n) is 8.60. The lowest BCUT2D eigenvalue weighted by Gasteiger charge is -2.26. The molecule has 0 saturated heterocycles. The topological polar surface area (TPSA) is 141 Å². The fourth-order valence-electron chi connectivity index (χ4n) is 4.97. The molecule has 2 unspecified atom stereocenters. The van der Waals surface area contributed by atoms with Crippen LogP contribution in [0.15, 0.2) is 67.1 Å². The van der Waals surface area contributed by atoms with Crippen molar-refractivity contribution in [2.24, 2.45) is 11.3 Å². The number of amides is 3. The zero-order valence-electron chi connectivity index (χ0n) is 34.0. The normalized spacial score (nSPS) is 12.2. The van der Waals surface area contributed by atoms with Gasteiger partial charge in [-0.15, -0.1) is 0 Å². The van der Waals surface area contributed by atoms with E-state index in [9.17, 15) is 19.2 Å². The van der Waals surface area contributed by atoms with Gasteiger partial charge in [0.25, 0.3) is 5.91 Å². The molecule has 11 nitrogen and oxygen atoms in total. The molecule has 53 heavy (non-hydrogen) atoms. The maximum Gasteiger partial charge on any atom is 0.250 e. The molecule has 0 radical (unpaired) electrons. The van der Waals surface area contributed by atoms with Crippen LogP contribution in [0.5, 0.6) is 5.75 Å². The number of methoxy groups -OCH3 is 1. The first-order valence-electron chi connectivity index (χ1n) is 18.6. The SMILES string of the molecule is CCC(C)(C)C.CCCC(C)CCC.COc1ccccc1C(C(C)=O)n1cnc(NC(=O)C(COCc2ccccc2)NC(=O)C(C)(C)NC=O)c1. The van der Waals surface area contributed by atoms with Crippen molar-refractivity contribution in [3.05, 3.63) is 78.2 Å². The van der Waals surface area contributed by atoms with Gasteiger partial charge < -0.3 is 30.0 Å². The highest BCUT2D eigenvalue weighted by atomic mass is 16.5. The van der Waals surface area contributed by atoms with E-state index >= 15 is 0 Å². The first-order valence-corrected chi connectivity index (χ1v) is 18.6. The van der Waals surface area contributed by atoms with Crippen molar-refractivity contribution in [1.29, 1.82) is 0 Å². The molecule has 0 saturated carbocycles. The monoisotopic (exact) mass is 735 g/mol.